The Balaban J connectivity index is 1.44. The first-order valence-corrected chi connectivity index (χ1v) is 8.72. The molecule has 3 fully saturated rings. The fraction of sp³-hybridized carbons (Fsp3) is 0.944. The van der Waals surface area contributed by atoms with E-state index in [1.807, 2.05) is 0 Å². The van der Waals surface area contributed by atoms with E-state index in [1.165, 1.54) is 38.5 Å². The fourth-order valence-electron chi connectivity index (χ4n) is 4.75. The van der Waals surface area contributed by atoms with Crippen molar-refractivity contribution in [2.24, 2.45) is 29.6 Å². The van der Waals surface area contributed by atoms with Gasteiger partial charge in [0.2, 0.25) is 0 Å². The van der Waals surface area contributed by atoms with Crippen molar-refractivity contribution in [2.45, 2.75) is 76.7 Å². The quantitative estimate of drug-likeness (QED) is 0.835. The van der Waals surface area contributed by atoms with Crippen molar-refractivity contribution >= 4 is 0 Å². The molecule has 0 aromatic carbocycles. The van der Waals surface area contributed by atoms with Crippen molar-refractivity contribution in [1.82, 2.24) is 0 Å². The van der Waals surface area contributed by atoms with Gasteiger partial charge in [-0.15, -0.1) is 0 Å². The number of aliphatic hydroxyl groups is 1. The van der Waals surface area contributed by atoms with Gasteiger partial charge in [-0.05, 0) is 87.9 Å². The van der Waals surface area contributed by atoms with Crippen LogP contribution in [-0.2, 0) is 0 Å². The fourth-order valence-corrected chi connectivity index (χ4v) is 4.75. The van der Waals surface area contributed by atoms with E-state index in [4.69, 9.17) is 5.26 Å². The predicted molar refractivity (Wildman–Crippen MR) is 79.9 cm³/mol. The lowest BCUT2D eigenvalue weighted by atomic mass is 9.75. The predicted octanol–water partition coefficient (Wildman–Crippen LogP) is 4.28. The van der Waals surface area contributed by atoms with Gasteiger partial charge >= 0.3 is 0 Å². The van der Waals surface area contributed by atoms with Crippen LogP contribution in [0.1, 0.15) is 71.1 Å². The summed E-state index contributed by atoms with van der Waals surface area (Å²) in [6.45, 7) is 2.32. The summed E-state index contributed by atoms with van der Waals surface area (Å²) in [5.41, 5.74) is -0.318. The number of nitriles is 1. The van der Waals surface area contributed by atoms with Crippen molar-refractivity contribution in [3.63, 3.8) is 0 Å². The molecule has 20 heavy (non-hydrogen) atoms. The Morgan fingerprint density at radius 1 is 1.10 bits per heavy atom. The molecule has 3 aliphatic rings. The molecule has 2 heteroatoms. The highest BCUT2D eigenvalue weighted by Gasteiger charge is 2.52. The Hall–Kier alpha value is -0.550. The topological polar surface area (TPSA) is 44.0 Å². The van der Waals surface area contributed by atoms with Crippen LogP contribution in [0.2, 0.25) is 0 Å². The average Bonchev–Trinajstić information content (AvgIpc) is 3.23. The summed E-state index contributed by atoms with van der Waals surface area (Å²) in [6.07, 6.45) is 11.8. The third-order valence-electron chi connectivity index (χ3n) is 6.42. The summed E-state index contributed by atoms with van der Waals surface area (Å²) in [4.78, 5) is 0. The number of rotatable bonds is 3. The number of hydrogen-bond acceptors (Lipinski definition) is 2. The first-order chi connectivity index (χ1) is 9.60. The highest BCUT2D eigenvalue weighted by atomic mass is 16.3. The molecule has 0 saturated heterocycles. The zero-order chi connectivity index (χ0) is 14.2. The zero-order valence-corrected chi connectivity index (χ0v) is 12.9. The summed E-state index contributed by atoms with van der Waals surface area (Å²) in [5.74, 6) is 3.36. The van der Waals surface area contributed by atoms with Crippen molar-refractivity contribution in [1.29, 1.82) is 5.26 Å². The van der Waals surface area contributed by atoms with Crippen LogP contribution in [0, 0.1) is 40.9 Å². The van der Waals surface area contributed by atoms with Crippen LogP contribution in [0.3, 0.4) is 0 Å². The molecule has 2 atom stereocenters. The first kappa shape index (κ1) is 14.4. The largest absolute Gasteiger partial charge is 0.390 e. The van der Waals surface area contributed by atoms with Crippen LogP contribution in [0.25, 0.3) is 0 Å². The van der Waals surface area contributed by atoms with E-state index in [-0.39, 0.29) is 5.60 Å². The Kier molecular flexibility index (Phi) is 4.09. The second kappa shape index (κ2) is 5.68. The van der Waals surface area contributed by atoms with Crippen LogP contribution < -0.4 is 0 Å². The minimum absolute atomic E-state index is 0.318. The van der Waals surface area contributed by atoms with Gasteiger partial charge in [0.1, 0.15) is 0 Å². The maximum Gasteiger partial charge on any atom is 0.0678 e. The molecule has 0 heterocycles. The Morgan fingerprint density at radius 2 is 1.75 bits per heavy atom. The van der Waals surface area contributed by atoms with Crippen LogP contribution in [0.4, 0.5) is 0 Å². The second-order valence-corrected chi connectivity index (χ2v) is 7.97. The molecule has 2 unspecified atom stereocenters. The Bertz CT molecular complexity index is 369. The molecule has 0 aliphatic heterocycles. The first-order valence-electron chi connectivity index (χ1n) is 8.72. The summed E-state index contributed by atoms with van der Waals surface area (Å²) >= 11 is 0. The third-order valence-corrected chi connectivity index (χ3v) is 6.42. The minimum Gasteiger partial charge on any atom is -0.390 e. The van der Waals surface area contributed by atoms with E-state index in [1.54, 1.807) is 0 Å². The van der Waals surface area contributed by atoms with E-state index in [0.29, 0.717) is 11.8 Å². The summed E-state index contributed by atoms with van der Waals surface area (Å²) in [5, 5.41) is 19.8. The monoisotopic (exact) mass is 275 g/mol. The lowest BCUT2D eigenvalue weighted by molar-refractivity contribution is -0.0323. The zero-order valence-electron chi connectivity index (χ0n) is 12.9. The van der Waals surface area contributed by atoms with Crippen LogP contribution in [-0.4, -0.2) is 10.7 Å². The maximum absolute atomic E-state index is 10.9. The summed E-state index contributed by atoms with van der Waals surface area (Å²) in [7, 11) is 0. The average molecular weight is 275 g/mol. The van der Waals surface area contributed by atoms with E-state index in [2.05, 4.69) is 13.0 Å². The van der Waals surface area contributed by atoms with E-state index in [9.17, 15) is 5.11 Å². The van der Waals surface area contributed by atoms with Gasteiger partial charge < -0.3 is 5.11 Å². The van der Waals surface area contributed by atoms with Crippen molar-refractivity contribution < 1.29 is 5.11 Å². The molecule has 0 radical (unpaired) electrons. The highest BCUT2D eigenvalue weighted by molar-refractivity contribution is 5.03. The van der Waals surface area contributed by atoms with Gasteiger partial charge in [-0.3, -0.25) is 0 Å². The van der Waals surface area contributed by atoms with Crippen molar-refractivity contribution in [2.75, 3.05) is 0 Å². The molecule has 2 nitrogen and oxygen atoms in total. The molecule has 3 saturated carbocycles. The van der Waals surface area contributed by atoms with Gasteiger partial charge in [-0.1, -0.05) is 6.92 Å². The summed E-state index contributed by atoms with van der Waals surface area (Å²) < 4.78 is 0. The Labute approximate surface area is 123 Å². The lowest BCUT2D eigenvalue weighted by Crippen LogP contribution is -2.36. The minimum atomic E-state index is -0.318. The molecule has 3 aliphatic carbocycles. The normalized spacial score (nSPS) is 48.5. The van der Waals surface area contributed by atoms with Gasteiger partial charge in [-0.25, -0.2) is 0 Å². The van der Waals surface area contributed by atoms with Crippen molar-refractivity contribution in [3.8, 4) is 6.07 Å². The van der Waals surface area contributed by atoms with Crippen LogP contribution >= 0.6 is 0 Å². The van der Waals surface area contributed by atoms with Gasteiger partial charge in [0, 0.05) is 5.92 Å². The molecule has 0 aromatic rings. The molecule has 0 spiro atoms. The summed E-state index contributed by atoms with van der Waals surface area (Å²) in [6, 6.07) is 2.42. The standard InChI is InChI=1S/C18H29NO/c1-13-6-8-18(20,9-7-13)17-11-16(17)10-14-2-4-15(12-19)5-3-14/h13-17,20H,2-11H2,1H3/t13-,14?,15?,16?,17?,18-. The van der Waals surface area contributed by atoms with Crippen molar-refractivity contribution in [3.05, 3.63) is 0 Å². The van der Waals surface area contributed by atoms with Gasteiger partial charge in [0.05, 0.1) is 11.7 Å². The van der Waals surface area contributed by atoms with Gasteiger partial charge in [-0.2, -0.15) is 5.26 Å². The SMILES string of the molecule is C[C@H]1CC[C@@](O)(C2CC2CC2CCC(C#N)CC2)CC1. The molecular formula is C18H29NO. The molecule has 1 N–H and O–H groups in total. The molecular weight excluding hydrogens is 246 g/mol. The van der Waals surface area contributed by atoms with Crippen LogP contribution in [0.15, 0.2) is 0 Å². The van der Waals surface area contributed by atoms with Gasteiger partial charge in [0.25, 0.3) is 0 Å². The van der Waals surface area contributed by atoms with E-state index < -0.39 is 0 Å². The number of hydrogen-bond donors (Lipinski definition) is 1. The number of nitrogens with zero attached hydrogens (tertiary/aromatic N) is 1. The van der Waals surface area contributed by atoms with Gasteiger partial charge in [0.15, 0.2) is 0 Å². The van der Waals surface area contributed by atoms with Crippen LogP contribution in [0.5, 0.6) is 0 Å². The maximum atomic E-state index is 10.9. The molecule has 0 amide bonds. The molecule has 3 rings (SSSR count). The van der Waals surface area contributed by atoms with E-state index >= 15 is 0 Å². The second-order valence-electron chi connectivity index (χ2n) is 7.97. The molecule has 0 bridgehead atoms. The molecule has 0 aromatic heterocycles. The lowest BCUT2D eigenvalue weighted by Gasteiger charge is -2.36. The Morgan fingerprint density at radius 3 is 2.35 bits per heavy atom. The van der Waals surface area contributed by atoms with E-state index in [0.717, 1.165) is 43.4 Å². The third kappa shape index (κ3) is 3.03. The smallest absolute Gasteiger partial charge is 0.0678 e. The highest BCUT2D eigenvalue weighted by Crippen LogP contribution is 2.55. The molecule has 112 valence electrons.